The highest BCUT2D eigenvalue weighted by molar-refractivity contribution is 4.70. The normalized spacial score (nSPS) is 13.7. The van der Waals surface area contributed by atoms with Crippen LogP contribution in [0.2, 0.25) is 0 Å². The number of nitrogens with one attached hydrogen (secondary N) is 1. The van der Waals surface area contributed by atoms with Gasteiger partial charge in [-0.2, -0.15) is 0 Å². The molecule has 1 atom stereocenters. The van der Waals surface area contributed by atoms with E-state index in [-0.39, 0.29) is 6.61 Å². The molecule has 2 N–H and O–H groups in total. The van der Waals surface area contributed by atoms with Crippen LogP contribution in [0.5, 0.6) is 0 Å². The monoisotopic (exact) mass is 231 g/mol. The summed E-state index contributed by atoms with van der Waals surface area (Å²) in [5.74, 6) is 0. The van der Waals surface area contributed by atoms with Crippen molar-refractivity contribution in [3.05, 3.63) is 0 Å². The van der Waals surface area contributed by atoms with Crippen LogP contribution in [-0.2, 0) is 0 Å². The van der Waals surface area contributed by atoms with Crippen LogP contribution in [0.1, 0.15) is 19.8 Å². The maximum absolute atomic E-state index is 8.94. The molecular formula is C12H29N3O. The third-order valence-electron chi connectivity index (χ3n) is 2.89. The second kappa shape index (κ2) is 10.0. The Labute approximate surface area is 101 Å². The lowest BCUT2D eigenvalue weighted by Crippen LogP contribution is -2.40. The molecule has 0 aromatic carbocycles. The van der Waals surface area contributed by atoms with E-state index in [1.165, 1.54) is 6.42 Å². The fourth-order valence-electron chi connectivity index (χ4n) is 1.78. The lowest BCUT2D eigenvalue weighted by molar-refractivity contribution is 0.211. The quantitative estimate of drug-likeness (QED) is 0.564. The first-order valence-corrected chi connectivity index (χ1v) is 6.29. The second-order valence-electron chi connectivity index (χ2n) is 4.55. The third-order valence-corrected chi connectivity index (χ3v) is 2.89. The van der Waals surface area contributed by atoms with Gasteiger partial charge in [-0.25, -0.2) is 0 Å². The molecule has 0 saturated carbocycles. The Kier molecular flexibility index (Phi) is 9.92. The van der Waals surface area contributed by atoms with Crippen molar-refractivity contribution in [3.8, 4) is 0 Å². The Morgan fingerprint density at radius 1 is 1.25 bits per heavy atom. The van der Waals surface area contributed by atoms with Crippen LogP contribution < -0.4 is 5.32 Å². The summed E-state index contributed by atoms with van der Waals surface area (Å²) in [6, 6.07) is 0.407. The van der Waals surface area contributed by atoms with Crippen molar-refractivity contribution < 1.29 is 5.11 Å². The predicted octanol–water partition coefficient (Wildman–Crippen LogP) is 0.230. The summed E-state index contributed by atoms with van der Waals surface area (Å²) in [4.78, 5) is 4.66. The van der Waals surface area contributed by atoms with E-state index in [9.17, 15) is 0 Å². The zero-order valence-corrected chi connectivity index (χ0v) is 11.4. The van der Waals surface area contributed by atoms with Crippen LogP contribution in [0.25, 0.3) is 0 Å². The average molecular weight is 231 g/mol. The van der Waals surface area contributed by atoms with Crippen molar-refractivity contribution >= 4 is 0 Å². The average Bonchev–Trinajstić information content (AvgIpc) is 2.26. The molecule has 4 heteroatoms. The first-order chi connectivity index (χ1) is 7.63. The first-order valence-electron chi connectivity index (χ1n) is 6.29. The summed E-state index contributed by atoms with van der Waals surface area (Å²) in [6.45, 7) is 6.85. The molecule has 0 spiro atoms. The van der Waals surface area contributed by atoms with Gasteiger partial charge in [-0.1, -0.05) is 6.92 Å². The van der Waals surface area contributed by atoms with Crippen molar-refractivity contribution in [1.29, 1.82) is 0 Å². The molecule has 0 aliphatic rings. The fourth-order valence-corrected chi connectivity index (χ4v) is 1.78. The van der Waals surface area contributed by atoms with E-state index in [0.717, 1.165) is 32.6 Å². The Bertz CT molecular complexity index is 153. The van der Waals surface area contributed by atoms with Crippen LogP contribution in [0, 0.1) is 0 Å². The number of hydrogen-bond acceptors (Lipinski definition) is 4. The molecule has 0 saturated heterocycles. The molecular weight excluding hydrogens is 202 g/mol. The van der Waals surface area contributed by atoms with Gasteiger partial charge in [0, 0.05) is 19.2 Å². The molecule has 0 heterocycles. The zero-order valence-electron chi connectivity index (χ0n) is 11.4. The van der Waals surface area contributed by atoms with Gasteiger partial charge in [0.2, 0.25) is 0 Å². The fraction of sp³-hybridized carbons (Fsp3) is 1.00. The minimum atomic E-state index is 0.265. The first kappa shape index (κ1) is 15.8. The zero-order chi connectivity index (χ0) is 12.4. The molecule has 98 valence electrons. The lowest BCUT2D eigenvalue weighted by Gasteiger charge is -2.26. The van der Waals surface area contributed by atoms with E-state index in [1.807, 2.05) is 7.05 Å². The largest absolute Gasteiger partial charge is 0.396 e. The summed E-state index contributed by atoms with van der Waals surface area (Å²) in [5, 5.41) is 12.2. The van der Waals surface area contributed by atoms with Gasteiger partial charge in [0.05, 0.1) is 0 Å². The van der Waals surface area contributed by atoms with Gasteiger partial charge < -0.3 is 20.2 Å². The summed E-state index contributed by atoms with van der Waals surface area (Å²) < 4.78 is 0. The molecule has 4 nitrogen and oxygen atoms in total. The third kappa shape index (κ3) is 8.05. The summed E-state index contributed by atoms with van der Waals surface area (Å²) in [6.07, 6.45) is 2.04. The van der Waals surface area contributed by atoms with E-state index in [0.29, 0.717) is 6.04 Å². The van der Waals surface area contributed by atoms with Gasteiger partial charge in [-0.05, 0) is 53.6 Å². The van der Waals surface area contributed by atoms with Crippen molar-refractivity contribution in [2.45, 2.75) is 25.8 Å². The molecule has 0 rings (SSSR count). The Balaban J connectivity index is 3.79. The SMILES string of the molecule is CCN(CCCN(C)C)CC(CCO)NC. The van der Waals surface area contributed by atoms with Gasteiger partial charge >= 0.3 is 0 Å². The number of aliphatic hydroxyl groups is 1. The van der Waals surface area contributed by atoms with Crippen LogP contribution in [-0.4, -0.2) is 74.9 Å². The Morgan fingerprint density at radius 3 is 2.38 bits per heavy atom. The van der Waals surface area contributed by atoms with Gasteiger partial charge in [-0.3, -0.25) is 0 Å². The van der Waals surface area contributed by atoms with Crippen molar-refractivity contribution in [1.82, 2.24) is 15.1 Å². The minimum absolute atomic E-state index is 0.265. The molecule has 0 radical (unpaired) electrons. The summed E-state index contributed by atoms with van der Waals surface area (Å²) in [7, 11) is 6.19. The van der Waals surface area contributed by atoms with E-state index < -0.39 is 0 Å². The predicted molar refractivity (Wildman–Crippen MR) is 69.8 cm³/mol. The highest BCUT2D eigenvalue weighted by Gasteiger charge is 2.10. The Morgan fingerprint density at radius 2 is 1.94 bits per heavy atom. The number of aliphatic hydroxyl groups excluding tert-OH is 1. The Hall–Kier alpha value is -0.160. The van der Waals surface area contributed by atoms with E-state index in [1.54, 1.807) is 0 Å². The maximum atomic E-state index is 8.94. The van der Waals surface area contributed by atoms with Gasteiger partial charge in [-0.15, -0.1) is 0 Å². The molecule has 0 aromatic heterocycles. The molecule has 0 bridgehead atoms. The summed E-state index contributed by atoms with van der Waals surface area (Å²) in [5.41, 5.74) is 0. The molecule has 0 aliphatic heterocycles. The van der Waals surface area contributed by atoms with Crippen molar-refractivity contribution in [2.75, 3.05) is 53.9 Å². The maximum Gasteiger partial charge on any atom is 0.0446 e. The standard InChI is InChI=1S/C12H29N3O/c1-5-15(9-6-8-14(3)4)11-12(13-2)7-10-16/h12-13,16H,5-11H2,1-4H3. The number of likely N-dealkylation sites (N-methyl/N-ethyl adjacent to an activating group) is 2. The lowest BCUT2D eigenvalue weighted by atomic mass is 10.2. The molecule has 1 unspecified atom stereocenters. The van der Waals surface area contributed by atoms with E-state index in [4.69, 9.17) is 5.11 Å². The molecule has 0 aromatic rings. The van der Waals surface area contributed by atoms with Crippen LogP contribution >= 0.6 is 0 Å². The highest BCUT2D eigenvalue weighted by atomic mass is 16.3. The summed E-state index contributed by atoms with van der Waals surface area (Å²) >= 11 is 0. The topological polar surface area (TPSA) is 38.7 Å². The van der Waals surface area contributed by atoms with Crippen molar-refractivity contribution in [3.63, 3.8) is 0 Å². The molecule has 16 heavy (non-hydrogen) atoms. The number of nitrogens with zero attached hydrogens (tertiary/aromatic N) is 2. The van der Waals surface area contributed by atoms with Gasteiger partial charge in [0.15, 0.2) is 0 Å². The van der Waals surface area contributed by atoms with Crippen molar-refractivity contribution in [2.24, 2.45) is 0 Å². The van der Waals surface area contributed by atoms with E-state index >= 15 is 0 Å². The second-order valence-corrected chi connectivity index (χ2v) is 4.55. The van der Waals surface area contributed by atoms with Crippen LogP contribution in [0.3, 0.4) is 0 Å². The van der Waals surface area contributed by atoms with Crippen LogP contribution in [0.4, 0.5) is 0 Å². The smallest absolute Gasteiger partial charge is 0.0446 e. The minimum Gasteiger partial charge on any atom is -0.396 e. The molecule has 0 amide bonds. The number of rotatable bonds is 10. The highest BCUT2D eigenvalue weighted by Crippen LogP contribution is 1.98. The van der Waals surface area contributed by atoms with Gasteiger partial charge in [0.1, 0.15) is 0 Å². The molecule has 0 fully saturated rings. The number of hydrogen-bond donors (Lipinski definition) is 2. The van der Waals surface area contributed by atoms with E-state index in [2.05, 4.69) is 36.1 Å². The molecule has 0 aliphatic carbocycles. The van der Waals surface area contributed by atoms with Gasteiger partial charge in [0.25, 0.3) is 0 Å². The van der Waals surface area contributed by atoms with Crippen LogP contribution in [0.15, 0.2) is 0 Å².